The molecule has 2 aromatic rings. The molecule has 1 aromatic carbocycles. The maximum atomic E-state index is 13.7. The molecule has 0 bridgehead atoms. The molecular formula is C18H19BrFN3O2. The van der Waals surface area contributed by atoms with Crippen LogP contribution in [0.15, 0.2) is 47.1 Å². The molecule has 3 rings (SSSR count). The highest BCUT2D eigenvalue weighted by atomic mass is 79.9. The molecule has 0 N–H and O–H groups in total. The highest BCUT2D eigenvalue weighted by molar-refractivity contribution is 9.10. The molecule has 0 unspecified atom stereocenters. The highest BCUT2D eigenvalue weighted by Crippen LogP contribution is 2.21. The predicted octanol–water partition coefficient (Wildman–Crippen LogP) is 2.71. The van der Waals surface area contributed by atoms with E-state index >= 15 is 0 Å². The van der Waals surface area contributed by atoms with Gasteiger partial charge in [-0.2, -0.15) is 0 Å². The van der Waals surface area contributed by atoms with E-state index in [4.69, 9.17) is 4.74 Å². The second kappa shape index (κ2) is 8.40. The van der Waals surface area contributed by atoms with Crippen LogP contribution in [-0.2, 0) is 11.3 Å². The van der Waals surface area contributed by atoms with Crippen LogP contribution in [0.25, 0.3) is 0 Å². The topological polar surface area (TPSA) is 45.7 Å². The van der Waals surface area contributed by atoms with Gasteiger partial charge in [0.2, 0.25) is 0 Å². The third kappa shape index (κ3) is 4.99. The molecule has 1 amide bonds. The van der Waals surface area contributed by atoms with Crippen molar-refractivity contribution in [2.45, 2.75) is 6.54 Å². The van der Waals surface area contributed by atoms with Gasteiger partial charge in [0.05, 0.1) is 5.69 Å². The lowest BCUT2D eigenvalue weighted by Crippen LogP contribution is -2.49. The van der Waals surface area contributed by atoms with Gasteiger partial charge < -0.3 is 9.64 Å². The van der Waals surface area contributed by atoms with Gasteiger partial charge in [0.15, 0.2) is 18.2 Å². The first kappa shape index (κ1) is 17.8. The van der Waals surface area contributed by atoms with E-state index in [-0.39, 0.29) is 18.3 Å². The summed E-state index contributed by atoms with van der Waals surface area (Å²) in [6.07, 6.45) is 1.79. The van der Waals surface area contributed by atoms with Crippen LogP contribution in [0, 0.1) is 5.82 Å². The number of nitrogens with zero attached hydrogens (tertiary/aromatic N) is 3. The van der Waals surface area contributed by atoms with E-state index in [1.807, 2.05) is 18.2 Å². The molecule has 0 aliphatic carbocycles. The molecule has 1 saturated heterocycles. The Balaban J connectivity index is 1.45. The fourth-order valence-corrected chi connectivity index (χ4v) is 3.03. The summed E-state index contributed by atoms with van der Waals surface area (Å²) < 4.78 is 19.7. The van der Waals surface area contributed by atoms with E-state index in [2.05, 4.69) is 25.8 Å². The van der Waals surface area contributed by atoms with Crippen LogP contribution in [0.2, 0.25) is 0 Å². The number of pyridine rings is 1. The van der Waals surface area contributed by atoms with Crippen LogP contribution in [0.5, 0.6) is 5.75 Å². The smallest absolute Gasteiger partial charge is 0.260 e. The number of halogens is 2. The predicted molar refractivity (Wildman–Crippen MR) is 95.7 cm³/mol. The fourth-order valence-electron chi connectivity index (χ4n) is 2.70. The molecule has 1 fully saturated rings. The minimum absolute atomic E-state index is 0.0883. The van der Waals surface area contributed by atoms with Gasteiger partial charge in [-0.05, 0) is 30.3 Å². The first-order valence-corrected chi connectivity index (χ1v) is 8.89. The van der Waals surface area contributed by atoms with Gasteiger partial charge in [-0.25, -0.2) is 4.39 Å². The van der Waals surface area contributed by atoms with Gasteiger partial charge in [0.1, 0.15) is 0 Å². The average molecular weight is 408 g/mol. The summed E-state index contributed by atoms with van der Waals surface area (Å²) in [5.74, 6) is -0.521. The van der Waals surface area contributed by atoms with Crippen LogP contribution in [-0.4, -0.2) is 53.5 Å². The summed E-state index contributed by atoms with van der Waals surface area (Å²) in [6, 6.07) is 10.4. The molecule has 2 heterocycles. The number of amides is 1. The highest BCUT2D eigenvalue weighted by Gasteiger charge is 2.22. The lowest BCUT2D eigenvalue weighted by atomic mass is 10.2. The van der Waals surface area contributed by atoms with E-state index in [0.717, 1.165) is 25.3 Å². The van der Waals surface area contributed by atoms with E-state index in [0.29, 0.717) is 17.6 Å². The minimum atomic E-state index is -0.484. The SMILES string of the molecule is O=C(COc1ccc(Br)cc1F)N1CCN(Cc2ccccn2)CC1. The Morgan fingerprint density at radius 3 is 2.68 bits per heavy atom. The Kier molecular flexibility index (Phi) is 5.99. The van der Waals surface area contributed by atoms with Gasteiger partial charge in [-0.3, -0.25) is 14.7 Å². The molecule has 25 heavy (non-hydrogen) atoms. The second-order valence-electron chi connectivity index (χ2n) is 5.84. The van der Waals surface area contributed by atoms with E-state index in [1.54, 1.807) is 17.2 Å². The molecule has 0 radical (unpaired) electrons. The minimum Gasteiger partial charge on any atom is -0.481 e. The summed E-state index contributed by atoms with van der Waals surface area (Å²) in [6.45, 7) is 3.47. The molecule has 132 valence electrons. The third-order valence-corrected chi connectivity index (χ3v) is 4.58. The van der Waals surface area contributed by atoms with E-state index in [1.165, 1.54) is 12.1 Å². The Bertz CT molecular complexity index is 722. The van der Waals surface area contributed by atoms with Crippen molar-refractivity contribution in [3.63, 3.8) is 0 Å². The van der Waals surface area contributed by atoms with Crippen molar-refractivity contribution in [2.24, 2.45) is 0 Å². The molecule has 7 heteroatoms. The number of rotatable bonds is 5. The molecule has 1 aromatic heterocycles. The summed E-state index contributed by atoms with van der Waals surface area (Å²) in [5.41, 5.74) is 1.02. The summed E-state index contributed by atoms with van der Waals surface area (Å²) in [4.78, 5) is 20.6. The van der Waals surface area contributed by atoms with Crippen LogP contribution in [0.3, 0.4) is 0 Å². The summed E-state index contributed by atoms with van der Waals surface area (Å²) >= 11 is 3.19. The van der Waals surface area contributed by atoms with Crippen molar-refractivity contribution in [3.05, 3.63) is 58.6 Å². The Hall–Kier alpha value is -1.99. The van der Waals surface area contributed by atoms with Crippen molar-refractivity contribution in [3.8, 4) is 5.75 Å². The number of ether oxygens (including phenoxy) is 1. The van der Waals surface area contributed by atoms with Crippen LogP contribution in [0.4, 0.5) is 4.39 Å². The fraction of sp³-hybridized carbons (Fsp3) is 0.333. The zero-order chi connectivity index (χ0) is 17.6. The van der Waals surface area contributed by atoms with Crippen molar-refractivity contribution >= 4 is 21.8 Å². The zero-order valence-electron chi connectivity index (χ0n) is 13.7. The normalized spacial score (nSPS) is 15.2. The Labute approximate surface area is 154 Å². The van der Waals surface area contributed by atoms with Gasteiger partial charge in [-0.15, -0.1) is 0 Å². The number of benzene rings is 1. The number of carbonyl (C=O) groups excluding carboxylic acids is 1. The van der Waals surface area contributed by atoms with E-state index < -0.39 is 5.82 Å². The van der Waals surface area contributed by atoms with Crippen LogP contribution >= 0.6 is 15.9 Å². The van der Waals surface area contributed by atoms with Crippen LogP contribution < -0.4 is 4.74 Å². The number of hydrogen-bond acceptors (Lipinski definition) is 4. The number of aromatic nitrogens is 1. The maximum absolute atomic E-state index is 13.7. The molecule has 0 spiro atoms. The molecule has 1 aliphatic rings. The molecule has 5 nitrogen and oxygen atoms in total. The Morgan fingerprint density at radius 1 is 1.20 bits per heavy atom. The van der Waals surface area contributed by atoms with Gasteiger partial charge in [0.25, 0.3) is 5.91 Å². The van der Waals surface area contributed by atoms with Crippen LogP contribution in [0.1, 0.15) is 5.69 Å². The quantitative estimate of drug-likeness (QED) is 0.764. The molecule has 1 aliphatic heterocycles. The third-order valence-electron chi connectivity index (χ3n) is 4.08. The van der Waals surface area contributed by atoms with Crippen molar-refractivity contribution in [2.75, 3.05) is 32.8 Å². The second-order valence-corrected chi connectivity index (χ2v) is 6.76. The average Bonchev–Trinajstić information content (AvgIpc) is 2.62. The first-order chi connectivity index (χ1) is 12.1. The Morgan fingerprint density at radius 2 is 2.00 bits per heavy atom. The standard InChI is InChI=1S/C18H19BrFN3O2/c19-14-4-5-17(16(20)11-14)25-13-18(24)23-9-7-22(8-10-23)12-15-3-1-2-6-21-15/h1-6,11H,7-10,12-13H2. The van der Waals surface area contributed by atoms with Crippen molar-refractivity contribution < 1.29 is 13.9 Å². The van der Waals surface area contributed by atoms with Gasteiger partial charge in [0, 0.05) is 43.4 Å². The number of carbonyl (C=O) groups is 1. The monoisotopic (exact) mass is 407 g/mol. The maximum Gasteiger partial charge on any atom is 0.260 e. The van der Waals surface area contributed by atoms with Gasteiger partial charge in [-0.1, -0.05) is 22.0 Å². The lowest BCUT2D eigenvalue weighted by Gasteiger charge is -2.34. The largest absolute Gasteiger partial charge is 0.481 e. The first-order valence-electron chi connectivity index (χ1n) is 8.10. The molecule has 0 saturated carbocycles. The van der Waals surface area contributed by atoms with Crippen molar-refractivity contribution in [1.82, 2.24) is 14.8 Å². The molecular weight excluding hydrogens is 389 g/mol. The lowest BCUT2D eigenvalue weighted by molar-refractivity contribution is -0.135. The zero-order valence-corrected chi connectivity index (χ0v) is 15.3. The van der Waals surface area contributed by atoms with E-state index in [9.17, 15) is 9.18 Å². The number of hydrogen-bond donors (Lipinski definition) is 0. The van der Waals surface area contributed by atoms with Gasteiger partial charge >= 0.3 is 0 Å². The number of piperazine rings is 1. The van der Waals surface area contributed by atoms with Crippen molar-refractivity contribution in [1.29, 1.82) is 0 Å². The summed E-state index contributed by atoms with van der Waals surface area (Å²) in [5, 5.41) is 0. The summed E-state index contributed by atoms with van der Waals surface area (Å²) in [7, 11) is 0. The molecule has 0 atom stereocenters.